The van der Waals surface area contributed by atoms with Crippen LogP contribution in [0.1, 0.15) is 24.2 Å². The van der Waals surface area contributed by atoms with E-state index in [1.165, 1.54) is 10.9 Å². The van der Waals surface area contributed by atoms with E-state index in [2.05, 4.69) is 41.5 Å². The van der Waals surface area contributed by atoms with E-state index >= 15 is 0 Å². The van der Waals surface area contributed by atoms with Gasteiger partial charge in [-0.3, -0.25) is 5.10 Å². The van der Waals surface area contributed by atoms with Crippen LogP contribution < -0.4 is 5.32 Å². The van der Waals surface area contributed by atoms with Gasteiger partial charge in [-0.1, -0.05) is 11.6 Å². The zero-order chi connectivity index (χ0) is 10.1. The highest BCUT2D eigenvalue weighted by atomic mass is 15.1. The summed E-state index contributed by atoms with van der Waals surface area (Å²) in [5.74, 6) is 0. The van der Waals surface area contributed by atoms with Crippen molar-refractivity contribution in [2.45, 2.75) is 19.9 Å². The molecule has 2 N–H and O–H groups in total. The van der Waals surface area contributed by atoms with Gasteiger partial charge < -0.3 is 5.32 Å². The molecule has 0 spiro atoms. The number of aromatic amines is 1. The van der Waals surface area contributed by atoms with Gasteiger partial charge in [-0.25, -0.2) is 0 Å². The lowest BCUT2D eigenvalue weighted by Crippen LogP contribution is -2.12. The molecule has 0 aliphatic heterocycles. The molecule has 1 heterocycles. The Balaban J connectivity index is 2.61. The molecule has 0 fully saturated rings. The Morgan fingerprint density at radius 2 is 2.21 bits per heavy atom. The van der Waals surface area contributed by atoms with Gasteiger partial charge in [0.2, 0.25) is 0 Å². The fraction of sp³-hybridized carbons (Fsp3) is 0.364. The molecule has 14 heavy (non-hydrogen) atoms. The van der Waals surface area contributed by atoms with Crippen LogP contribution in [0.2, 0.25) is 0 Å². The van der Waals surface area contributed by atoms with Crippen LogP contribution in [0, 0.1) is 6.92 Å². The van der Waals surface area contributed by atoms with Crippen molar-refractivity contribution in [1.82, 2.24) is 15.5 Å². The second kappa shape index (κ2) is 3.42. The molecule has 3 heteroatoms. The van der Waals surface area contributed by atoms with Crippen molar-refractivity contribution in [3.8, 4) is 0 Å². The minimum atomic E-state index is 0.307. The summed E-state index contributed by atoms with van der Waals surface area (Å²) in [6, 6.07) is 6.60. The van der Waals surface area contributed by atoms with Gasteiger partial charge in [0.05, 0.1) is 11.2 Å². The standard InChI is InChI=1S/C11H15N3/c1-7-4-5-10-9(6-7)11(14-13-10)8(2)12-3/h4-6,8,12H,1-3H3,(H,13,14). The molecule has 1 aromatic heterocycles. The van der Waals surface area contributed by atoms with Crippen LogP contribution in [0.3, 0.4) is 0 Å². The lowest BCUT2D eigenvalue weighted by molar-refractivity contribution is 0.634. The SMILES string of the molecule is CNC(C)c1[nH]nc2ccc(C)cc12. The fourth-order valence-electron chi connectivity index (χ4n) is 1.62. The van der Waals surface area contributed by atoms with Gasteiger partial charge in [-0.15, -0.1) is 0 Å². The zero-order valence-corrected chi connectivity index (χ0v) is 8.76. The molecule has 1 unspecified atom stereocenters. The van der Waals surface area contributed by atoms with Crippen LogP contribution >= 0.6 is 0 Å². The number of hydrogen-bond donors (Lipinski definition) is 2. The van der Waals surface area contributed by atoms with Crippen molar-refractivity contribution in [3.63, 3.8) is 0 Å². The predicted octanol–water partition coefficient (Wildman–Crippen LogP) is 2.15. The van der Waals surface area contributed by atoms with Crippen LogP contribution in [0.4, 0.5) is 0 Å². The highest BCUT2D eigenvalue weighted by molar-refractivity contribution is 5.82. The van der Waals surface area contributed by atoms with E-state index < -0.39 is 0 Å². The minimum absolute atomic E-state index is 0.307. The van der Waals surface area contributed by atoms with Gasteiger partial charge >= 0.3 is 0 Å². The quantitative estimate of drug-likeness (QED) is 0.760. The van der Waals surface area contributed by atoms with E-state index in [0.29, 0.717) is 6.04 Å². The lowest BCUT2D eigenvalue weighted by atomic mass is 10.1. The molecule has 0 radical (unpaired) electrons. The molecule has 3 nitrogen and oxygen atoms in total. The highest BCUT2D eigenvalue weighted by Gasteiger charge is 2.10. The molecule has 0 amide bonds. The molecule has 0 saturated carbocycles. The van der Waals surface area contributed by atoms with E-state index in [-0.39, 0.29) is 0 Å². The van der Waals surface area contributed by atoms with Gasteiger partial charge in [0.25, 0.3) is 0 Å². The first-order valence-corrected chi connectivity index (χ1v) is 4.84. The Kier molecular flexibility index (Phi) is 2.25. The summed E-state index contributed by atoms with van der Waals surface area (Å²) in [6.45, 7) is 4.22. The molecule has 0 bridgehead atoms. The molecule has 1 aromatic carbocycles. The van der Waals surface area contributed by atoms with E-state index in [0.717, 1.165) is 11.2 Å². The van der Waals surface area contributed by atoms with Crippen molar-refractivity contribution in [2.24, 2.45) is 0 Å². The van der Waals surface area contributed by atoms with Crippen molar-refractivity contribution < 1.29 is 0 Å². The molecule has 0 aliphatic carbocycles. The van der Waals surface area contributed by atoms with Crippen molar-refractivity contribution in [2.75, 3.05) is 7.05 Å². The Morgan fingerprint density at radius 1 is 1.43 bits per heavy atom. The Labute approximate surface area is 83.5 Å². The van der Waals surface area contributed by atoms with Crippen LogP contribution in [-0.2, 0) is 0 Å². The normalized spacial score (nSPS) is 13.4. The molecule has 2 rings (SSSR count). The first-order chi connectivity index (χ1) is 6.72. The molecular formula is C11H15N3. The number of H-pyrrole nitrogens is 1. The maximum absolute atomic E-state index is 4.26. The van der Waals surface area contributed by atoms with Crippen molar-refractivity contribution in [1.29, 1.82) is 0 Å². The number of hydrogen-bond acceptors (Lipinski definition) is 2. The molecule has 1 atom stereocenters. The second-order valence-electron chi connectivity index (χ2n) is 3.67. The van der Waals surface area contributed by atoms with Gasteiger partial charge in [0.1, 0.15) is 0 Å². The third-order valence-electron chi connectivity index (χ3n) is 2.61. The Bertz CT molecular complexity index is 445. The minimum Gasteiger partial charge on any atom is -0.312 e. The lowest BCUT2D eigenvalue weighted by Gasteiger charge is -2.07. The van der Waals surface area contributed by atoms with Crippen LogP contribution in [0.15, 0.2) is 18.2 Å². The highest BCUT2D eigenvalue weighted by Crippen LogP contribution is 2.22. The Hall–Kier alpha value is -1.35. The number of aromatic nitrogens is 2. The summed E-state index contributed by atoms with van der Waals surface area (Å²) in [6.07, 6.45) is 0. The van der Waals surface area contributed by atoms with Gasteiger partial charge in [-0.05, 0) is 33.0 Å². The van der Waals surface area contributed by atoms with Crippen LogP contribution in [0.5, 0.6) is 0 Å². The Morgan fingerprint density at radius 3 is 2.93 bits per heavy atom. The topological polar surface area (TPSA) is 40.7 Å². The molecular weight excluding hydrogens is 174 g/mol. The summed E-state index contributed by atoms with van der Waals surface area (Å²) >= 11 is 0. The smallest absolute Gasteiger partial charge is 0.0924 e. The average Bonchev–Trinajstić information content (AvgIpc) is 2.59. The number of nitrogens with zero attached hydrogens (tertiary/aromatic N) is 1. The summed E-state index contributed by atoms with van der Waals surface area (Å²) in [7, 11) is 1.95. The summed E-state index contributed by atoms with van der Waals surface area (Å²) in [4.78, 5) is 0. The number of aryl methyl sites for hydroxylation is 1. The first kappa shape index (κ1) is 9.21. The van der Waals surface area contributed by atoms with E-state index in [1.807, 2.05) is 13.1 Å². The third kappa shape index (κ3) is 1.40. The summed E-state index contributed by atoms with van der Waals surface area (Å²) in [5.41, 5.74) is 3.46. The number of nitrogens with one attached hydrogen (secondary N) is 2. The van der Waals surface area contributed by atoms with Crippen LogP contribution in [0.25, 0.3) is 10.9 Å². The van der Waals surface area contributed by atoms with Gasteiger partial charge in [0.15, 0.2) is 0 Å². The van der Waals surface area contributed by atoms with Crippen molar-refractivity contribution in [3.05, 3.63) is 29.5 Å². The third-order valence-corrected chi connectivity index (χ3v) is 2.61. The average molecular weight is 189 g/mol. The molecule has 0 aliphatic rings. The number of fused-ring (bicyclic) bond motifs is 1. The largest absolute Gasteiger partial charge is 0.312 e. The maximum atomic E-state index is 4.26. The number of rotatable bonds is 2. The van der Waals surface area contributed by atoms with Gasteiger partial charge in [-0.2, -0.15) is 5.10 Å². The van der Waals surface area contributed by atoms with Crippen molar-refractivity contribution >= 4 is 10.9 Å². The summed E-state index contributed by atoms with van der Waals surface area (Å²) in [5, 5.41) is 11.8. The van der Waals surface area contributed by atoms with E-state index in [9.17, 15) is 0 Å². The van der Waals surface area contributed by atoms with Gasteiger partial charge in [0, 0.05) is 11.4 Å². The fourth-order valence-corrected chi connectivity index (χ4v) is 1.62. The predicted molar refractivity (Wildman–Crippen MR) is 58.3 cm³/mol. The van der Waals surface area contributed by atoms with Crippen LogP contribution in [-0.4, -0.2) is 17.2 Å². The monoisotopic (exact) mass is 189 g/mol. The molecule has 0 saturated heterocycles. The number of benzene rings is 1. The maximum Gasteiger partial charge on any atom is 0.0924 e. The molecule has 2 aromatic rings. The summed E-state index contributed by atoms with van der Waals surface area (Å²) < 4.78 is 0. The van der Waals surface area contributed by atoms with E-state index in [4.69, 9.17) is 0 Å². The zero-order valence-electron chi connectivity index (χ0n) is 8.76. The molecule has 74 valence electrons. The second-order valence-corrected chi connectivity index (χ2v) is 3.67. The van der Waals surface area contributed by atoms with E-state index in [1.54, 1.807) is 0 Å². The first-order valence-electron chi connectivity index (χ1n) is 4.84.